The van der Waals surface area contributed by atoms with E-state index in [0.717, 1.165) is 5.56 Å². The topological polar surface area (TPSA) is 55.8 Å². The number of aliphatic hydroxyl groups is 1. The third kappa shape index (κ3) is 2.28. The minimum Gasteiger partial charge on any atom is -0.498 e. The first-order valence-electron chi connectivity index (χ1n) is 6.29. The van der Waals surface area contributed by atoms with E-state index >= 15 is 0 Å². The molecule has 2 unspecified atom stereocenters. The smallest absolute Gasteiger partial charge is 0.170 e. The van der Waals surface area contributed by atoms with E-state index < -0.39 is 11.2 Å². The fraction of sp³-hybridized carbons (Fsp3) is 0.312. The van der Waals surface area contributed by atoms with Gasteiger partial charge >= 0.3 is 0 Å². The zero-order valence-corrected chi connectivity index (χ0v) is 11.8. The van der Waals surface area contributed by atoms with Gasteiger partial charge in [-0.05, 0) is 18.6 Å². The van der Waals surface area contributed by atoms with Gasteiger partial charge in [-0.3, -0.25) is 4.79 Å². The number of benzene rings is 1. The summed E-state index contributed by atoms with van der Waals surface area (Å²) in [5, 5.41) is 10.4. The van der Waals surface area contributed by atoms with Gasteiger partial charge < -0.3 is 14.6 Å². The van der Waals surface area contributed by atoms with E-state index in [4.69, 9.17) is 9.47 Å². The van der Waals surface area contributed by atoms with Crippen molar-refractivity contribution in [2.45, 2.75) is 18.1 Å². The molecule has 0 amide bonds. The average Bonchev–Trinajstić information content (AvgIpc) is 2.48. The molecule has 1 N–H and O–H groups in total. The molecule has 0 heterocycles. The van der Waals surface area contributed by atoms with Gasteiger partial charge in [-0.25, -0.2) is 0 Å². The highest BCUT2D eigenvalue weighted by Crippen LogP contribution is 2.39. The standard InChI is InChI=1S/C16H18O4/c1-15(18)9-13(12-7-5-4-6-8-12)16(11-17,20-3)10-14(15)19-2/h4-11,18H,1-3H3. The first-order chi connectivity index (χ1) is 9.49. The van der Waals surface area contributed by atoms with Crippen molar-refractivity contribution in [3.8, 4) is 0 Å². The zero-order valence-electron chi connectivity index (χ0n) is 11.8. The van der Waals surface area contributed by atoms with Crippen molar-refractivity contribution in [3.05, 3.63) is 53.8 Å². The van der Waals surface area contributed by atoms with E-state index in [1.165, 1.54) is 20.3 Å². The highest BCUT2D eigenvalue weighted by molar-refractivity contribution is 5.93. The normalized spacial score (nSPS) is 29.4. The summed E-state index contributed by atoms with van der Waals surface area (Å²) in [6.07, 6.45) is 3.82. The molecule has 1 aliphatic rings. The third-order valence-electron chi connectivity index (χ3n) is 3.51. The lowest BCUT2D eigenvalue weighted by Crippen LogP contribution is -2.41. The SMILES string of the molecule is COC1=CC(C=O)(OC)C(c2ccccc2)=CC1(C)O. The molecular formula is C16H18O4. The second-order valence-electron chi connectivity index (χ2n) is 4.90. The first-order valence-corrected chi connectivity index (χ1v) is 6.29. The van der Waals surface area contributed by atoms with Crippen LogP contribution in [0.3, 0.4) is 0 Å². The maximum absolute atomic E-state index is 11.6. The van der Waals surface area contributed by atoms with Crippen LogP contribution in [0, 0.1) is 0 Å². The molecule has 20 heavy (non-hydrogen) atoms. The van der Waals surface area contributed by atoms with Gasteiger partial charge in [0, 0.05) is 18.8 Å². The summed E-state index contributed by atoms with van der Waals surface area (Å²) in [6.45, 7) is 1.61. The quantitative estimate of drug-likeness (QED) is 0.853. The molecule has 0 bridgehead atoms. The van der Waals surface area contributed by atoms with Gasteiger partial charge in [-0.1, -0.05) is 30.3 Å². The van der Waals surface area contributed by atoms with E-state index in [1.807, 2.05) is 30.3 Å². The van der Waals surface area contributed by atoms with Gasteiger partial charge in [-0.2, -0.15) is 0 Å². The highest BCUT2D eigenvalue weighted by atomic mass is 16.5. The molecule has 106 valence electrons. The fourth-order valence-electron chi connectivity index (χ4n) is 2.39. The van der Waals surface area contributed by atoms with Crippen LogP contribution < -0.4 is 0 Å². The largest absolute Gasteiger partial charge is 0.498 e. The lowest BCUT2D eigenvalue weighted by Gasteiger charge is -2.36. The third-order valence-corrected chi connectivity index (χ3v) is 3.51. The number of carbonyl (C=O) groups excluding carboxylic acids is 1. The number of ether oxygens (including phenoxy) is 2. The van der Waals surface area contributed by atoms with Gasteiger partial charge in [0.15, 0.2) is 11.9 Å². The second-order valence-corrected chi connectivity index (χ2v) is 4.90. The molecule has 1 aromatic carbocycles. The number of methoxy groups -OCH3 is 2. The Morgan fingerprint density at radius 1 is 1.15 bits per heavy atom. The Kier molecular flexibility index (Phi) is 3.79. The summed E-state index contributed by atoms with van der Waals surface area (Å²) in [5.41, 5.74) is -1.13. The van der Waals surface area contributed by atoms with Crippen LogP contribution >= 0.6 is 0 Å². The van der Waals surface area contributed by atoms with Gasteiger partial charge in [-0.15, -0.1) is 0 Å². The fourth-order valence-corrected chi connectivity index (χ4v) is 2.39. The molecule has 4 nitrogen and oxygen atoms in total. The first kappa shape index (κ1) is 14.5. The molecule has 4 heteroatoms. The van der Waals surface area contributed by atoms with Crippen molar-refractivity contribution in [1.29, 1.82) is 0 Å². The summed E-state index contributed by atoms with van der Waals surface area (Å²) >= 11 is 0. The number of hydrogen-bond donors (Lipinski definition) is 1. The maximum Gasteiger partial charge on any atom is 0.170 e. The van der Waals surface area contributed by atoms with Gasteiger partial charge in [0.1, 0.15) is 11.4 Å². The van der Waals surface area contributed by atoms with E-state index in [1.54, 1.807) is 13.0 Å². The predicted octanol–water partition coefficient (Wildman–Crippen LogP) is 1.95. The average molecular weight is 274 g/mol. The molecular weight excluding hydrogens is 256 g/mol. The minimum atomic E-state index is -1.29. The Balaban J connectivity index is 2.64. The molecule has 0 spiro atoms. The van der Waals surface area contributed by atoms with Crippen LogP contribution in [0.1, 0.15) is 12.5 Å². The van der Waals surface area contributed by atoms with Crippen molar-refractivity contribution in [3.63, 3.8) is 0 Å². The molecule has 1 aromatic rings. The number of aldehydes is 1. The van der Waals surface area contributed by atoms with Crippen LogP contribution in [-0.2, 0) is 14.3 Å². The van der Waals surface area contributed by atoms with Crippen molar-refractivity contribution >= 4 is 11.9 Å². The Morgan fingerprint density at radius 3 is 2.30 bits per heavy atom. The summed E-state index contributed by atoms with van der Waals surface area (Å²) in [4.78, 5) is 11.6. The number of hydrogen-bond acceptors (Lipinski definition) is 4. The van der Waals surface area contributed by atoms with Gasteiger partial charge in [0.25, 0.3) is 0 Å². The van der Waals surface area contributed by atoms with E-state index in [0.29, 0.717) is 11.9 Å². The van der Waals surface area contributed by atoms with Crippen molar-refractivity contribution in [2.24, 2.45) is 0 Å². The molecule has 0 radical (unpaired) electrons. The van der Waals surface area contributed by atoms with Crippen molar-refractivity contribution in [1.82, 2.24) is 0 Å². The van der Waals surface area contributed by atoms with Crippen LogP contribution in [0.25, 0.3) is 5.57 Å². The Bertz CT molecular complexity index is 557. The monoisotopic (exact) mass is 274 g/mol. The number of rotatable bonds is 4. The van der Waals surface area contributed by atoms with Gasteiger partial charge in [0.2, 0.25) is 0 Å². The molecule has 1 aliphatic carbocycles. The van der Waals surface area contributed by atoms with Crippen molar-refractivity contribution < 1.29 is 19.4 Å². The van der Waals surface area contributed by atoms with Crippen LogP contribution in [0.4, 0.5) is 0 Å². The molecule has 0 fully saturated rings. The summed E-state index contributed by atoms with van der Waals surface area (Å²) < 4.78 is 10.6. The Labute approximate surface area is 118 Å². The highest BCUT2D eigenvalue weighted by Gasteiger charge is 2.42. The summed E-state index contributed by atoms with van der Waals surface area (Å²) in [6, 6.07) is 9.35. The Hall–Kier alpha value is -1.91. The van der Waals surface area contributed by atoms with E-state index in [2.05, 4.69) is 0 Å². The summed E-state index contributed by atoms with van der Waals surface area (Å²) in [7, 11) is 2.90. The Morgan fingerprint density at radius 2 is 1.80 bits per heavy atom. The molecule has 2 rings (SSSR count). The molecule has 0 aliphatic heterocycles. The van der Waals surface area contributed by atoms with Crippen LogP contribution in [0.2, 0.25) is 0 Å². The zero-order chi connectivity index (χ0) is 14.8. The molecule has 0 saturated heterocycles. The maximum atomic E-state index is 11.6. The van der Waals surface area contributed by atoms with Gasteiger partial charge in [0.05, 0.1) is 7.11 Å². The van der Waals surface area contributed by atoms with Crippen LogP contribution in [0.5, 0.6) is 0 Å². The van der Waals surface area contributed by atoms with Crippen LogP contribution in [-0.4, -0.2) is 36.8 Å². The second kappa shape index (κ2) is 5.23. The minimum absolute atomic E-state index is 0.283. The summed E-state index contributed by atoms with van der Waals surface area (Å²) in [5.74, 6) is 0.283. The van der Waals surface area contributed by atoms with E-state index in [9.17, 15) is 9.90 Å². The van der Waals surface area contributed by atoms with Crippen molar-refractivity contribution in [2.75, 3.05) is 14.2 Å². The lowest BCUT2D eigenvalue weighted by atomic mass is 9.79. The van der Waals surface area contributed by atoms with Crippen LogP contribution in [0.15, 0.2) is 48.2 Å². The molecule has 0 saturated carbocycles. The van der Waals surface area contributed by atoms with E-state index in [-0.39, 0.29) is 5.76 Å². The lowest BCUT2D eigenvalue weighted by molar-refractivity contribution is -0.118. The molecule has 2 atom stereocenters. The molecule has 0 aromatic heterocycles. The predicted molar refractivity (Wildman–Crippen MR) is 75.9 cm³/mol. The number of carbonyl (C=O) groups is 1.